The van der Waals surface area contributed by atoms with Crippen LogP contribution in [0.5, 0.6) is 5.75 Å². The maximum atomic E-state index is 10.0. The summed E-state index contributed by atoms with van der Waals surface area (Å²) in [6, 6.07) is 7.98. The van der Waals surface area contributed by atoms with E-state index in [-0.39, 0.29) is 0 Å². The van der Waals surface area contributed by atoms with Crippen molar-refractivity contribution in [2.24, 2.45) is 0 Å². The molecule has 1 aromatic rings. The quantitative estimate of drug-likeness (QED) is 0.783. The molecule has 0 amide bonds. The minimum Gasteiger partial charge on any atom is -0.508 e. The summed E-state index contributed by atoms with van der Waals surface area (Å²) >= 11 is 0. The lowest BCUT2D eigenvalue weighted by Gasteiger charge is -2.35. The zero-order valence-corrected chi connectivity index (χ0v) is 10.8. The number of nitrogens with zero attached hydrogens (tertiary/aromatic N) is 1. The van der Waals surface area contributed by atoms with Gasteiger partial charge in [-0.25, -0.2) is 0 Å². The van der Waals surface area contributed by atoms with E-state index < -0.39 is 0 Å². The van der Waals surface area contributed by atoms with Gasteiger partial charge in [0.15, 0.2) is 0 Å². The van der Waals surface area contributed by atoms with Crippen LogP contribution in [-0.2, 0) is 0 Å². The number of hydrogen-bond acceptors (Lipinski definition) is 3. The van der Waals surface area contributed by atoms with E-state index in [4.69, 9.17) is 0 Å². The van der Waals surface area contributed by atoms with Crippen LogP contribution in [0.15, 0.2) is 36.9 Å². The van der Waals surface area contributed by atoms with Crippen LogP contribution in [0.2, 0.25) is 0 Å². The number of allylic oxidation sites excluding steroid dienone is 1. The number of benzene rings is 1. The molecule has 1 fully saturated rings. The average molecular weight is 246 g/mol. The first-order chi connectivity index (χ1) is 8.83. The molecule has 2 rings (SSSR count). The highest BCUT2D eigenvalue weighted by Crippen LogP contribution is 2.32. The average Bonchev–Trinajstić information content (AvgIpc) is 2.42. The molecule has 0 aliphatic carbocycles. The van der Waals surface area contributed by atoms with E-state index >= 15 is 0 Å². The van der Waals surface area contributed by atoms with Crippen molar-refractivity contribution in [2.75, 3.05) is 26.2 Å². The van der Waals surface area contributed by atoms with Crippen LogP contribution in [0.1, 0.15) is 24.4 Å². The molecule has 1 aliphatic rings. The van der Waals surface area contributed by atoms with E-state index in [1.807, 2.05) is 24.3 Å². The second-order valence-corrected chi connectivity index (χ2v) is 4.73. The molecule has 1 aliphatic heterocycles. The van der Waals surface area contributed by atoms with Gasteiger partial charge in [0.25, 0.3) is 0 Å². The Morgan fingerprint density at radius 1 is 1.33 bits per heavy atom. The molecule has 1 aromatic carbocycles. The van der Waals surface area contributed by atoms with Crippen molar-refractivity contribution in [3.63, 3.8) is 0 Å². The van der Waals surface area contributed by atoms with Gasteiger partial charge in [0.1, 0.15) is 5.75 Å². The van der Waals surface area contributed by atoms with Crippen molar-refractivity contribution in [3.8, 4) is 5.75 Å². The minimum atomic E-state index is 0.297. The molecule has 1 atom stereocenters. The van der Waals surface area contributed by atoms with E-state index in [1.54, 1.807) is 6.07 Å². The van der Waals surface area contributed by atoms with Gasteiger partial charge in [0.2, 0.25) is 0 Å². The van der Waals surface area contributed by atoms with Gasteiger partial charge in [-0.3, -0.25) is 4.90 Å². The summed E-state index contributed by atoms with van der Waals surface area (Å²) < 4.78 is 0. The standard InChI is InChI=1S/C15H22N2O/c1-2-3-7-14(17-11-9-16-10-12-17)13-6-4-5-8-15(13)18/h2,4-6,8,14,16,18H,1,3,7,9-12H2/t14-/m0/s1. The first kappa shape index (κ1) is 13.1. The molecule has 0 saturated carbocycles. The van der Waals surface area contributed by atoms with Crippen molar-refractivity contribution >= 4 is 0 Å². The molecule has 0 radical (unpaired) electrons. The van der Waals surface area contributed by atoms with Crippen LogP contribution < -0.4 is 5.32 Å². The lowest BCUT2D eigenvalue weighted by molar-refractivity contribution is 0.163. The minimum absolute atomic E-state index is 0.297. The largest absolute Gasteiger partial charge is 0.508 e. The van der Waals surface area contributed by atoms with E-state index in [1.165, 1.54) is 0 Å². The number of aromatic hydroxyl groups is 1. The Balaban J connectivity index is 2.18. The lowest BCUT2D eigenvalue weighted by Crippen LogP contribution is -2.45. The Hall–Kier alpha value is -1.32. The summed E-state index contributed by atoms with van der Waals surface area (Å²) in [6.45, 7) is 7.93. The fraction of sp³-hybridized carbons (Fsp3) is 0.467. The number of phenols is 1. The second-order valence-electron chi connectivity index (χ2n) is 4.73. The molecule has 98 valence electrons. The van der Waals surface area contributed by atoms with Gasteiger partial charge in [-0.05, 0) is 18.9 Å². The molecule has 3 nitrogen and oxygen atoms in total. The van der Waals surface area contributed by atoms with Gasteiger partial charge in [0.05, 0.1) is 0 Å². The summed E-state index contributed by atoms with van der Waals surface area (Å²) in [5, 5.41) is 13.4. The predicted octanol–water partition coefficient (Wildman–Crippen LogP) is 2.30. The van der Waals surface area contributed by atoms with Crippen LogP contribution in [0.4, 0.5) is 0 Å². The van der Waals surface area contributed by atoms with Crippen molar-refractivity contribution < 1.29 is 5.11 Å². The van der Waals surface area contributed by atoms with E-state index in [2.05, 4.69) is 16.8 Å². The van der Waals surface area contributed by atoms with Gasteiger partial charge in [-0.2, -0.15) is 0 Å². The predicted molar refractivity (Wildman–Crippen MR) is 74.7 cm³/mol. The third-order valence-electron chi connectivity index (χ3n) is 3.53. The van der Waals surface area contributed by atoms with Crippen LogP contribution in [0, 0.1) is 0 Å². The van der Waals surface area contributed by atoms with E-state index in [9.17, 15) is 5.11 Å². The molecule has 2 N–H and O–H groups in total. The fourth-order valence-electron chi connectivity index (χ4n) is 2.57. The van der Waals surface area contributed by atoms with Crippen molar-refractivity contribution in [1.82, 2.24) is 10.2 Å². The molecule has 0 spiro atoms. The summed E-state index contributed by atoms with van der Waals surface area (Å²) in [5.74, 6) is 0.407. The third-order valence-corrected chi connectivity index (χ3v) is 3.53. The summed E-state index contributed by atoms with van der Waals surface area (Å²) in [7, 11) is 0. The Bertz CT molecular complexity index is 386. The van der Waals surface area contributed by atoms with Gasteiger partial charge >= 0.3 is 0 Å². The topological polar surface area (TPSA) is 35.5 Å². The number of phenolic OH excluding ortho intramolecular Hbond substituents is 1. The number of piperazine rings is 1. The van der Waals surface area contributed by atoms with Gasteiger partial charge in [-0.15, -0.1) is 6.58 Å². The van der Waals surface area contributed by atoms with Gasteiger partial charge < -0.3 is 10.4 Å². The van der Waals surface area contributed by atoms with Crippen LogP contribution in [0.3, 0.4) is 0 Å². The first-order valence-corrected chi connectivity index (χ1v) is 6.66. The zero-order chi connectivity index (χ0) is 12.8. The summed E-state index contributed by atoms with van der Waals surface area (Å²) in [5.41, 5.74) is 1.04. The normalized spacial score (nSPS) is 18.4. The summed E-state index contributed by atoms with van der Waals surface area (Å²) in [6.07, 6.45) is 3.94. The number of hydrogen-bond donors (Lipinski definition) is 2. The molecule has 1 saturated heterocycles. The highest BCUT2D eigenvalue weighted by Gasteiger charge is 2.23. The highest BCUT2D eigenvalue weighted by atomic mass is 16.3. The number of para-hydroxylation sites is 1. The Kier molecular flexibility index (Phi) is 4.79. The molecule has 0 unspecified atom stereocenters. The fourth-order valence-corrected chi connectivity index (χ4v) is 2.57. The van der Waals surface area contributed by atoms with Gasteiger partial charge in [0, 0.05) is 37.8 Å². The number of nitrogens with one attached hydrogen (secondary N) is 1. The van der Waals surface area contributed by atoms with E-state index in [0.717, 1.165) is 44.6 Å². The SMILES string of the molecule is C=CCC[C@@H](c1ccccc1O)N1CCNCC1. The molecule has 3 heteroatoms. The third kappa shape index (κ3) is 3.12. The van der Waals surface area contributed by atoms with Crippen LogP contribution >= 0.6 is 0 Å². The second kappa shape index (κ2) is 6.57. The number of rotatable bonds is 5. The maximum Gasteiger partial charge on any atom is 0.120 e. The van der Waals surface area contributed by atoms with Crippen molar-refractivity contribution in [3.05, 3.63) is 42.5 Å². The van der Waals surface area contributed by atoms with Crippen molar-refractivity contribution in [1.29, 1.82) is 0 Å². The Morgan fingerprint density at radius 2 is 2.06 bits per heavy atom. The Labute approximate surface area is 109 Å². The lowest BCUT2D eigenvalue weighted by atomic mass is 9.98. The molecule has 0 aromatic heterocycles. The monoisotopic (exact) mass is 246 g/mol. The molecular formula is C15H22N2O. The Morgan fingerprint density at radius 3 is 2.72 bits per heavy atom. The van der Waals surface area contributed by atoms with Crippen molar-refractivity contribution in [2.45, 2.75) is 18.9 Å². The molecule has 1 heterocycles. The zero-order valence-electron chi connectivity index (χ0n) is 10.8. The highest BCUT2D eigenvalue weighted by molar-refractivity contribution is 5.34. The molecule has 18 heavy (non-hydrogen) atoms. The summed E-state index contributed by atoms with van der Waals surface area (Å²) in [4.78, 5) is 2.45. The van der Waals surface area contributed by atoms with Crippen LogP contribution in [-0.4, -0.2) is 36.2 Å². The van der Waals surface area contributed by atoms with E-state index in [0.29, 0.717) is 11.8 Å². The smallest absolute Gasteiger partial charge is 0.120 e. The first-order valence-electron chi connectivity index (χ1n) is 6.66. The molecule has 0 bridgehead atoms. The van der Waals surface area contributed by atoms with Gasteiger partial charge in [-0.1, -0.05) is 24.3 Å². The maximum absolute atomic E-state index is 10.0. The van der Waals surface area contributed by atoms with Crippen LogP contribution in [0.25, 0.3) is 0 Å². The molecular weight excluding hydrogens is 224 g/mol.